The van der Waals surface area contributed by atoms with Gasteiger partial charge in [-0.15, -0.1) is 0 Å². The highest BCUT2D eigenvalue weighted by molar-refractivity contribution is 5.91. The predicted octanol–water partition coefficient (Wildman–Crippen LogP) is 1.45. The minimum atomic E-state index is -0.448. The Hall–Kier alpha value is -1.92. The van der Waals surface area contributed by atoms with E-state index in [-0.39, 0.29) is 42.9 Å². The number of rotatable bonds is 6. The van der Waals surface area contributed by atoms with Crippen molar-refractivity contribution in [2.45, 2.75) is 50.4 Å². The molecule has 0 spiro atoms. The molecular weight excluding hydrogens is 308 g/mol. The summed E-state index contributed by atoms with van der Waals surface area (Å²) in [7, 11) is 0. The number of carbonyl (C=O) groups excluding carboxylic acids is 2. The third-order valence-corrected chi connectivity index (χ3v) is 4.54. The normalized spacial score (nSPS) is 26.6. The van der Waals surface area contributed by atoms with Crippen molar-refractivity contribution < 1.29 is 19.4 Å². The molecule has 1 saturated carbocycles. The molecule has 0 bridgehead atoms. The summed E-state index contributed by atoms with van der Waals surface area (Å²) in [6, 6.07) is 9.11. The first kappa shape index (κ1) is 16.9. The smallest absolute Gasteiger partial charge is 0.226 e. The summed E-state index contributed by atoms with van der Waals surface area (Å²) in [6.45, 7) is -0.160. The molecule has 3 atom stereocenters. The summed E-state index contributed by atoms with van der Waals surface area (Å²) in [5, 5.41) is 15.3. The number of hydrogen-bond acceptors (Lipinski definition) is 4. The first-order chi connectivity index (χ1) is 11.7. The fourth-order valence-corrected chi connectivity index (χ4v) is 3.03. The maximum Gasteiger partial charge on any atom is 0.226 e. The predicted molar refractivity (Wildman–Crippen MR) is 89.3 cm³/mol. The number of carbonyl (C=O) groups is 2. The van der Waals surface area contributed by atoms with E-state index in [1.54, 1.807) is 0 Å². The summed E-state index contributed by atoms with van der Waals surface area (Å²) in [6.07, 6.45) is 2.86. The van der Waals surface area contributed by atoms with Crippen molar-refractivity contribution in [3.05, 3.63) is 30.3 Å². The van der Waals surface area contributed by atoms with Crippen LogP contribution in [0.25, 0.3) is 0 Å². The number of para-hydroxylation sites is 1. The molecule has 1 aromatic rings. The van der Waals surface area contributed by atoms with E-state index in [1.807, 2.05) is 30.3 Å². The molecule has 24 heavy (non-hydrogen) atoms. The molecule has 1 heterocycles. The second-order valence-electron chi connectivity index (χ2n) is 6.56. The van der Waals surface area contributed by atoms with E-state index >= 15 is 0 Å². The van der Waals surface area contributed by atoms with Crippen molar-refractivity contribution in [1.29, 1.82) is 0 Å². The number of aliphatic hydroxyl groups excluding tert-OH is 1. The largest absolute Gasteiger partial charge is 0.394 e. The van der Waals surface area contributed by atoms with Crippen molar-refractivity contribution >= 4 is 17.5 Å². The average molecular weight is 332 g/mol. The van der Waals surface area contributed by atoms with Gasteiger partial charge in [0.15, 0.2) is 0 Å². The van der Waals surface area contributed by atoms with Crippen LogP contribution < -0.4 is 10.6 Å². The quantitative estimate of drug-likeness (QED) is 0.736. The van der Waals surface area contributed by atoms with Crippen LogP contribution in [0.1, 0.15) is 32.1 Å². The molecule has 2 aliphatic rings. The molecule has 6 heteroatoms. The minimum absolute atomic E-state index is 0.0577. The van der Waals surface area contributed by atoms with Gasteiger partial charge in [-0.2, -0.15) is 0 Å². The van der Waals surface area contributed by atoms with Gasteiger partial charge in [0.1, 0.15) is 6.10 Å². The van der Waals surface area contributed by atoms with Gasteiger partial charge in [0.05, 0.1) is 25.2 Å². The highest BCUT2D eigenvalue weighted by Crippen LogP contribution is 2.30. The Morgan fingerprint density at radius 1 is 1.12 bits per heavy atom. The van der Waals surface area contributed by atoms with Gasteiger partial charge < -0.3 is 20.5 Å². The lowest BCUT2D eigenvalue weighted by Gasteiger charge is -2.36. The van der Waals surface area contributed by atoms with Gasteiger partial charge >= 0.3 is 0 Å². The molecule has 0 aromatic heterocycles. The Bertz CT molecular complexity index is 574. The first-order valence-corrected chi connectivity index (χ1v) is 8.57. The van der Waals surface area contributed by atoms with E-state index in [4.69, 9.17) is 4.74 Å². The molecule has 3 N–H and O–H groups in total. The Balaban J connectivity index is 1.47. The fourth-order valence-electron chi connectivity index (χ4n) is 3.03. The van der Waals surface area contributed by atoms with E-state index < -0.39 is 6.10 Å². The lowest BCUT2D eigenvalue weighted by Crippen LogP contribution is -2.51. The van der Waals surface area contributed by atoms with Crippen LogP contribution >= 0.6 is 0 Å². The molecular formula is C18H24N2O4. The third kappa shape index (κ3) is 4.55. The van der Waals surface area contributed by atoms with E-state index in [1.165, 1.54) is 0 Å². The number of amides is 2. The van der Waals surface area contributed by atoms with Crippen LogP contribution in [0.2, 0.25) is 0 Å². The van der Waals surface area contributed by atoms with Crippen LogP contribution in [0, 0.1) is 5.92 Å². The highest BCUT2D eigenvalue weighted by atomic mass is 16.5. The van der Waals surface area contributed by atoms with Crippen LogP contribution in [-0.4, -0.2) is 41.8 Å². The van der Waals surface area contributed by atoms with Crippen LogP contribution in [0.3, 0.4) is 0 Å². The molecule has 0 unspecified atom stereocenters. The summed E-state index contributed by atoms with van der Waals surface area (Å²) in [5.41, 5.74) is 0.756. The maximum atomic E-state index is 12.1. The molecule has 1 aliphatic carbocycles. The zero-order chi connectivity index (χ0) is 16.9. The zero-order valence-corrected chi connectivity index (χ0v) is 13.6. The van der Waals surface area contributed by atoms with Crippen molar-refractivity contribution in [1.82, 2.24) is 5.32 Å². The van der Waals surface area contributed by atoms with Crippen LogP contribution in [0.4, 0.5) is 5.69 Å². The minimum Gasteiger partial charge on any atom is -0.394 e. The Kier molecular flexibility index (Phi) is 5.48. The third-order valence-electron chi connectivity index (χ3n) is 4.54. The van der Waals surface area contributed by atoms with E-state index in [2.05, 4.69) is 10.6 Å². The zero-order valence-electron chi connectivity index (χ0n) is 13.6. The summed E-state index contributed by atoms with van der Waals surface area (Å²) in [4.78, 5) is 24.0. The average Bonchev–Trinajstić information content (AvgIpc) is 3.42. The molecule has 1 aromatic carbocycles. The fraction of sp³-hybridized carbons (Fsp3) is 0.556. The maximum absolute atomic E-state index is 12.1. The van der Waals surface area contributed by atoms with Crippen molar-refractivity contribution in [2.75, 3.05) is 11.9 Å². The number of nitrogens with one attached hydrogen (secondary N) is 2. The van der Waals surface area contributed by atoms with E-state index in [0.29, 0.717) is 12.8 Å². The van der Waals surface area contributed by atoms with Crippen LogP contribution in [0.5, 0.6) is 0 Å². The monoisotopic (exact) mass is 332 g/mol. The van der Waals surface area contributed by atoms with Gasteiger partial charge in [-0.05, 0) is 37.8 Å². The first-order valence-electron chi connectivity index (χ1n) is 8.57. The number of anilines is 1. The molecule has 3 rings (SSSR count). The van der Waals surface area contributed by atoms with Gasteiger partial charge in [0, 0.05) is 11.6 Å². The molecule has 1 saturated heterocycles. The Labute approximate surface area is 141 Å². The Morgan fingerprint density at radius 3 is 2.54 bits per heavy atom. The Morgan fingerprint density at radius 2 is 1.88 bits per heavy atom. The van der Waals surface area contributed by atoms with Crippen molar-refractivity contribution in [3.8, 4) is 0 Å². The van der Waals surface area contributed by atoms with Gasteiger partial charge in [0.2, 0.25) is 11.8 Å². The lowest BCUT2D eigenvalue weighted by atomic mass is 9.96. The molecule has 130 valence electrons. The number of benzene rings is 1. The van der Waals surface area contributed by atoms with Gasteiger partial charge in [-0.3, -0.25) is 9.59 Å². The molecule has 1 aliphatic heterocycles. The van der Waals surface area contributed by atoms with Gasteiger partial charge in [-0.1, -0.05) is 18.2 Å². The summed E-state index contributed by atoms with van der Waals surface area (Å²) >= 11 is 0. The van der Waals surface area contributed by atoms with Crippen LogP contribution in [-0.2, 0) is 14.3 Å². The van der Waals surface area contributed by atoms with Crippen molar-refractivity contribution in [3.63, 3.8) is 0 Å². The topological polar surface area (TPSA) is 87.7 Å². The van der Waals surface area contributed by atoms with Gasteiger partial charge in [-0.25, -0.2) is 0 Å². The molecule has 2 amide bonds. The van der Waals surface area contributed by atoms with E-state index in [9.17, 15) is 14.7 Å². The number of aliphatic hydroxyl groups is 1. The number of hydrogen-bond donors (Lipinski definition) is 3. The van der Waals surface area contributed by atoms with Crippen LogP contribution in [0.15, 0.2) is 30.3 Å². The highest BCUT2D eigenvalue weighted by Gasteiger charge is 2.36. The second kappa shape index (κ2) is 7.77. The molecule has 2 fully saturated rings. The van der Waals surface area contributed by atoms with E-state index in [0.717, 1.165) is 18.5 Å². The molecule has 0 radical (unpaired) electrons. The lowest BCUT2D eigenvalue weighted by molar-refractivity contribution is -0.134. The summed E-state index contributed by atoms with van der Waals surface area (Å²) < 4.78 is 5.83. The molecule has 6 nitrogen and oxygen atoms in total. The van der Waals surface area contributed by atoms with Gasteiger partial charge in [0.25, 0.3) is 0 Å². The number of ether oxygens (including phenoxy) is 1. The SMILES string of the molecule is O=C(C[C@H]1CC[C@H](NC(=O)C2CC2)[C@@H](CO)O1)Nc1ccccc1. The second-order valence-corrected chi connectivity index (χ2v) is 6.56. The van der Waals surface area contributed by atoms with Crippen molar-refractivity contribution in [2.24, 2.45) is 5.92 Å². The standard InChI is InChI=1S/C18H24N2O4/c21-11-16-15(20-18(23)12-6-7-12)9-8-14(24-16)10-17(22)19-13-4-2-1-3-5-13/h1-5,12,14-16,21H,6-11H2,(H,19,22)(H,20,23)/t14-,15+,16-/m1/s1. The summed E-state index contributed by atoms with van der Waals surface area (Å²) in [5.74, 6) is 0.0874.